The summed E-state index contributed by atoms with van der Waals surface area (Å²) in [7, 11) is 0. The van der Waals surface area contributed by atoms with Crippen molar-refractivity contribution in [3.8, 4) is 5.69 Å². The number of hydrogen-bond acceptors (Lipinski definition) is 3. The fourth-order valence-corrected chi connectivity index (χ4v) is 3.05. The molecule has 0 radical (unpaired) electrons. The van der Waals surface area contributed by atoms with Gasteiger partial charge < -0.3 is 0 Å². The first kappa shape index (κ1) is 16.2. The standard InChI is InChI=1S/C18H22N4O2/c1-13-11-12-19-22(13)16-9-7-15(8-10-16)18(24)21-20-17(23)14-5-3-2-4-6-14/h7-12,14H,2-6H2,1H3,(H,20,23)(H,21,24). The normalized spacial score (nSPS) is 15.0. The van der Waals surface area contributed by atoms with E-state index in [9.17, 15) is 9.59 Å². The zero-order chi connectivity index (χ0) is 16.9. The van der Waals surface area contributed by atoms with E-state index in [1.165, 1.54) is 6.42 Å². The second-order valence-corrected chi connectivity index (χ2v) is 6.21. The van der Waals surface area contributed by atoms with Gasteiger partial charge in [-0.15, -0.1) is 0 Å². The largest absolute Gasteiger partial charge is 0.273 e. The maximum Gasteiger partial charge on any atom is 0.269 e. The number of hydrogen-bond donors (Lipinski definition) is 2. The molecule has 6 nitrogen and oxygen atoms in total. The smallest absolute Gasteiger partial charge is 0.269 e. The molecule has 1 aliphatic rings. The van der Waals surface area contributed by atoms with Crippen molar-refractivity contribution >= 4 is 11.8 Å². The highest BCUT2D eigenvalue weighted by molar-refractivity contribution is 5.95. The van der Waals surface area contributed by atoms with Crippen LogP contribution in [-0.2, 0) is 4.79 Å². The van der Waals surface area contributed by atoms with Gasteiger partial charge in [0.05, 0.1) is 5.69 Å². The van der Waals surface area contributed by atoms with E-state index >= 15 is 0 Å². The Hall–Kier alpha value is -2.63. The number of carbonyl (C=O) groups excluding carboxylic acids is 2. The van der Waals surface area contributed by atoms with Crippen molar-refractivity contribution < 1.29 is 9.59 Å². The summed E-state index contributed by atoms with van der Waals surface area (Å²) in [6.07, 6.45) is 6.90. The lowest BCUT2D eigenvalue weighted by Crippen LogP contribution is -2.44. The van der Waals surface area contributed by atoms with Crippen molar-refractivity contribution in [3.05, 3.63) is 47.8 Å². The SMILES string of the molecule is Cc1ccnn1-c1ccc(C(=O)NNC(=O)C2CCCCC2)cc1. The van der Waals surface area contributed by atoms with Crippen molar-refractivity contribution in [2.24, 2.45) is 5.92 Å². The predicted octanol–water partition coefficient (Wildman–Crippen LogP) is 2.52. The van der Waals surface area contributed by atoms with E-state index in [1.54, 1.807) is 23.0 Å². The monoisotopic (exact) mass is 326 g/mol. The van der Waals surface area contributed by atoms with Gasteiger partial charge in [0.2, 0.25) is 5.91 Å². The van der Waals surface area contributed by atoms with E-state index in [-0.39, 0.29) is 17.7 Å². The number of carbonyl (C=O) groups is 2. The summed E-state index contributed by atoms with van der Waals surface area (Å²) in [6.45, 7) is 1.97. The van der Waals surface area contributed by atoms with Crippen molar-refractivity contribution in [2.45, 2.75) is 39.0 Å². The summed E-state index contributed by atoms with van der Waals surface area (Å²) in [5, 5.41) is 4.23. The Morgan fingerprint density at radius 3 is 2.38 bits per heavy atom. The maximum absolute atomic E-state index is 12.1. The maximum atomic E-state index is 12.1. The lowest BCUT2D eigenvalue weighted by Gasteiger charge is -2.20. The third-order valence-electron chi connectivity index (χ3n) is 4.48. The molecule has 1 aromatic carbocycles. The highest BCUT2D eigenvalue weighted by atomic mass is 16.2. The molecule has 24 heavy (non-hydrogen) atoms. The van der Waals surface area contributed by atoms with Crippen molar-refractivity contribution in [1.82, 2.24) is 20.6 Å². The molecule has 2 amide bonds. The van der Waals surface area contributed by atoms with E-state index in [2.05, 4.69) is 16.0 Å². The summed E-state index contributed by atoms with van der Waals surface area (Å²) in [5.74, 6) is -0.390. The van der Waals surface area contributed by atoms with Crippen LogP contribution >= 0.6 is 0 Å². The number of nitrogens with zero attached hydrogens (tertiary/aromatic N) is 2. The molecule has 2 N–H and O–H groups in total. The molecular weight excluding hydrogens is 304 g/mol. The number of aromatic nitrogens is 2. The molecule has 1 heterocycles. The summed E-state index contributed by atoms with van der Waals surface area (Å²) >= 11 is 0. The zero-order valence-electron chi connectivity index (χ0n) is 13.8. The number of benzene rings is 1. The van der Waals surface area contributed by atoms with Gasteiger partial charge >= 0.3 is 0 Å². The molecule has 0 unspecified atom stereocenters. The summed E-state index contributed by atoms with van der Waals surface area (Å²) in [5.41, 5.74) is 7.45. The molecule has 1 fully saturated rings. The first-order chi connectivity index (χ1) is 11.6. The average Bonchev–Trinajstić information content (AvgIpc) is 3.06. The molecule has 1 aliphatic carbocycles. The number of nitrogens with one attached hydrogen (secondary N) is 2. The first-order valence-corrected chi connectivity index (χ1v) is 8.36. The number of hydrazine groups is 1. The molecule has 3 rings (SSSR count). The van der Waals surface area contributed by atoms with Gasteiger partial charge in [0.1, 0.15) is 0 Å². The van der Waals surface area contributed by atoms with Gasteiger partial charge in [0, 0.05) is 23.4 Å². The molecule has 0 atom stereocenters. The van der Waals surface area contributed by atoms with Crippen LogP contribution in [0.3, 0.4) is 0 Å². The van der Waals surface area contributed by atoms with E-state index in [4.69, 9.17) is 0 Å². The van der Waals surface area contributed by atoms with E-state index in [1.807, 2.05) is 25.1 Å². The minimum atomic E-state index is -0.317. The van der Waals surface area contributed by atoms with Gasteiger partial charge in [0.25, 0.3) is 5.91 Å². The average molecular weight is 326 g/mol. The Morgan fingerprint density at radius 1 is 1.04 bits per heavy atom. The summed E-state index contributed by atoms with van der Waals surface area (Å²) < 4.78 is 1.80. The lowest BCUT2D eigenvalue weighted by molar-refractivity contribution is -0.126. The Morgan fingerprint density at radius 2 is 1.75 bits per heavy atom. The van der Waals surface area contributed by atoms with E-state index in [0.29, 0.717) is 5.56 Å². The molecule has 0 spiro atoms. The molecule has 126 valence electrons. The van der Waals surface area contributed by atoms with Crippen LogP contribution in [-0.4, -0.2) is 21.6 Å². The quantitative estimate of drug-likeness (QED) is 0.851. The van der Waals surface area contributed by atoms with Crippen LogP contribution in [0.4, 0.5) is 0 Å². The van der Waals surface area contributed by atoms with E-state index < -0.39 is 0 Å². The van der Waals surface area contributed by atoms with Gasteiger partial charge in [-0.3, -0.25) is 20.4 Å². The topological polar surface area (TPSA) is 76.0 Å². The summed E-state index contributed by atoms with van der Waals surface area (Å²) in [4.78, 5) is 24.2. The Kier molecular flexibility index (Phi) is 4.93. The van der Waals surface area contributed by atoms with Gasteiger partial charge in [-0.2, -0.15) is 5.10 Å². The fourth-order valence-electron chi connectivity index (χ4n) is 3.05. The highest BCUT2D eigenvalue weighted by Crippen LogP contribution is 2.23. The lowest BCUT2D eigenvalue weighted by atomic mass is 9.89. The minimum Gasteiger partial charge on any atom is -0.273 e. The minimum absolute atomic E-state index is 0.0178. The summed E-state index contributed by atoms with van der Waals surface area (Å²) in [6, 6.07) is 9.02. The van der Waals surface area contributed by atoms with Crippen LogP contribution < -0.4 is 10.9 Å². The molecule has 0 saturated heterocycles. The van der Waals surface area contributed by atoms with E-state index in [0.717, 1.165) is 37.1 Å². The fraction of sp³-hybridized carbons (Fsp3) is 0.389. The zero-order valence-corrected chi connectivity index (χ0v) is 13.8. The van der Waals surface area contributed by atoms with Crippen molar-refractivity contribution in [2.75, 3.05) is 0 Å². The third-order valence-corrected chi connectivity index (χ3v) is 4.48. The van der Waals surface area contributed by atoms with Gasteiger partial charge in [0.15, 0.2) is 0 Å². The molecule has 6 heteroatoms. The molecule has 1 saturated carbocycles. The van der Waals surface area contributed by atoms with Gasteiger partial charge in [-0.25, -0.2) is 4.68 Å². The Labute approximate surface area is 141 Å². The number of aryl methyl sites for hydroxylation is 1. The Bertz CT molecular complexity index is 715. The first-order valence-electron chi connectivity index (χ1n) is 8.36. The highest BCUT2D eigenvalue weighted by Gasteiger charge is 2.21. The molecular formula is C18H22N4O2. The number of rotatable bonds is 3. The number of amides is 2. The van der Waals surface area contributed by atoms with Crippen LogP contribution in [0.1, 0.15) is 48.2 Å². The molecule has 0 bridgehead atoms. The van der Waals surface area contributed by atoms with Crippen LogP contribution in [0.25, 0.3) is 5.69 Å². The van der Waals surface area contributed by atoms with Crippen LogP contribution in [0.15, 0.2) is 36.5 Å². The predicted molar refractivity (Wildman–Crippen MR) is 90.5 cm³/mol. The second-order valence-electron chi connectivity index (χ2n) is 6.21. The van der Waals surface area contributed by atoms with Crippen LogP contribution in [0.2, 0.25) is 0 Å². The Balaban J connectivity index is 1.57. The van der Waals surface area contributed by atoms with Crippen LogP contribution in [0, 0.1) is 12.8 Å². The van der Waals surface area contributed by atoms with Crippen molar-refractivity contribution in [3.63, 3.8) is 0 Å². The van der Waals surface area contributed by atoms with Crippen LogP contribution in [0.5, 0.6) is 0 Å². The molecule has 2 aromatic rings. The third kappa shape index (κ3) is 3.64. The second kappa shape index (κ2) is 7.29. The van der Waals surface area contributed by atoms with Gasteiger partial charge in [-0.1, -0.05) is 19.3 Å². The van der Waals surface area contributed by atoms with Gasteiger partial charge in [-0.05, 0) is 50.1 Å². The van der Waals surface area contributed by atoms with Crippen molar-refractivity contribution in [1.29, 1.82) is 0 Å². The molecule has 0 aliphatic heterocycles. The molecule has 1 aromatic heterocycles.